The Kier molecular flexibility index (Phi) is 5.85. The first-order valence-electron chi connectivity index (χ1n) is 8.38. The summed E-state index contributed by atoms with van der Waals surface area (Å²) in [5, 5.41) is 4.96. The summed E-state index contributed by atoms with van der Waals surface area (Å²) < 4.78 is 77.9. The highest BCUT2D eigenvalue weighted by molar-refractivity contribution is 7.89. The van der Waals surface area contributed by atoms with Crippen LogP contribution in [0, 0.1) is 12.7 Å². The zero-order valence-corrected chi connectivity index (χ0v) is 17.1. The number of thiol groups is 1. The average Bonchev–Trinajstić information content (AvgIpc) is 2.60. The lowest BCUT2D eigenvalue weighted by atomic mass is 9.97. The van der Waals surface area contributed by atoms with E-state index in [0.717, 1.165) is 12.1 Å². The third-order valence-corrected chi connectivity index (χ3v) is 5.61. The molecule has 4 nitrogen and oxygen atoms in total. The Morgan fingerprint density at radius 1 is 0.933 bits per heavy atom. The quantitative estimate of drug-likeness (QED) is 0.413. The Hall–Kier alpha value is -2.56. The van der Waals surface area contributed by atoms with Gasteiger partial charge in [0.05, 0.1) is 0 Å². The summed E-state index contributed by atoms with van der Waals surface area (Å²) in [6.07, 6.45) is -4.78. The maximum Gasteiger partial charge on any atom is 0.573 e. The lowest BCUT2D eigenvalue weighted by molar-refractivity contribution is -0.274. The van der Waals surface area contributed by atoms with Gasteiger partial charge in [-0.1, -0.05) is 24.3 Å². The van der Waals surface area contributed by atoms with Crippen LogP contribution in [0.5, 0.6) is 5.75 Å². The molecule has 0 aliphatic heterocycles. The highest BCUT2D eigenvalue weighted by Gasteiger charge is 2.31. The number of primary sulfonamides is 1. The van der Waals surface area contributed by atoms with Crippen LogP contribution in [0.3, 0.4) is 0 Å². The molecule has 0 spiro atoms. The standard InChI is InChI=1S/C20H15F4NO3S2/c1-11-8-14(28-20(22,23)24)4-6-15(11)16-5-2-13(10-18(16)29)12-3-7-19(17(21)9-12)30(25,26)27/h2-10,29H,1H3,(H2,25,26,27). The van der Waals surface area contributed by atoms with Gasteiger partial charge in [0.2, 0.25) is 10.0 Å². The molecule has 0 radical (unpaired) electrons. The fourth-order valence-electron chi connectivity index (χ4n) is 2.99. The molecule has 0 bridgehead atoms. The van der Waals surface area contributed by atoms with Crippen LogP contribution in [0.4, 0.5) is 17.6 Å². The largest absolute Gasteiger partial charge is 0.573 e. The number of benzene rings is 3. The monoisotopic (exact) mass is 457 g/mol. The number of halogens is 4. The van der Waals surface area contributed by atoms with Crippen LogP contribution < -0.4 is 9.88 Å². The second kappa shape index (κ2) is 7.93. The van der Waals surface area contributed by atoms with Crippen molar-refractivity contribution in [1.82, 2.24) is 0 Å². The topological polar surface area (TPSA) is 69.4 Å². The number of nitrogens with two attached hydrogens (primary N) is 1. The van der Waals surface area contributed by atoms with Crippen molar-refractivity contribution < 1.29 is 30.7 Å². The molecule has 30 heavy (non-hydrogen) atoms. The highest BCUT2D eigenvalue weighted by atomic mass is 32.2. The molecular formula is C20H15F4NO3S2. The molecule has 0 saturated heterocycles. The van der Waals surface area contributed by atoms with Crippen LogP contribution in [0.2, 0.25) is 0 Å². The molecule has 2 N–H and O–H groups in total. The molecule has 0 fully saturated rings. The molecule has 0 atom stereocenters. The van der Waals surface area contributed by atoms with E-state index in [4.69, 9.17) is 5.14 Å². The Labute approximate surface area is 175 Å². The first-order chi connectivity index (χ1) is 13.8. The summed E-state index contributed by atoms with van der Waals surface area (Å²) in [5.41, 5.74) is 2.82. The van der Waals surface area contributed by atoms with Crippen LogP contribution in [0.15, 0.2) is 64.4 Å². The number of alkyl halides is 3. The lowest BCUT2D eigenvalue weighted by Crippen LogP contribution is -2.17. The number of sulfonamides is 1. The van der Waals surface area contributed by atoms with Gasteiger partial charge in [0.15, 0.2) is 0 Å². The molecule has 0 aromatic heterocycles. The molecule has 0 saturated carbocycles. The van der Waals surface area contributed by atoms with E-state index >= 15 is 0 Å². The van der Waals surface area contributed by atoms with E-state index in [1.165, 1.54) is 24.3 Å². The van der Waals surface area contributed by atoms with Crippen LogP contribution >= 0.6 is 12.6 Å². The molecule has 0 aliphatic carbocycles. The molecule has 0 unspecified atom stereocenters. The van der Waals surface area contributed by atoms with Gasteiger partial charge in [-0.2, -0.15) is 0 Å². The van der Waals surface area contributed by atoms with Crippen LogP contribution in [0.25, 0.3) is 22.3 Å². The number of hydrogen-bond donors (Lipinski definition) is 2. The molecule has 3 rings (SSSR count). The second-order valence-electron chi connectivity index (χ2n) is 6.45. The predicted molar refractivity (Wildman–Crippen MR) is 107 cm³/mol. The van der Waals surface area contributed by atoms with Crippen LogP contribution in [-0.2, 0) is 10.0 Å². The van der Waals surface area contributed by atoms with Crippen molar-refractivity contribution in [2.24, 2.45) is 5.14 Å². The number of hydrogen-bond acceptors (Lipinski definition) is 4. The van der Waals surface area contributed by atoms with E-state index in [0.29, 0.717) is 32.7 Å². The first kappa shape index (κ1) is 22.1. The number of aryl methyl sites for hydroxylation is 1. The van der Waals surface area contributed by atoms with Crippen molar-refractivity contribution in [3.05, 3.63) is 66.0 Å². The maximum atomic E-state index is 14.1. The first-order valence-corrected chi connectivity index (χ1v) is 10.4. The van der Waals surface area contributed by atoms with Gasteiger partial charge in [-0.3, -0.25) is 0 Å². The summed E-state index contributed by atoms with van der Waals surface area (Å²) in [6.45, 7) is 1.64. The number of rotatable bonds is 4. The van der Waals surface area contributed by atoms with Crippen molar-refractivity contribution in [3.8, 4) is 28.0 Å². The maximum absolute atomic E-state index is 14.1. The van der Waals surface area contributed by atoms with Gasteiger partial charge < -0.3 is 4.74 Å². The third kappa shape index (κ3) is 4.94. The van der Waals surface area contributed by atoms with Crippen LogP contribution in [0.1, 0.15) is 5.56 Å². The Balaban J connectivity index is 1.96. The van der Waals surface area contributed by atoms with Crippen molar-refractivity contribution in [1.29, 1.82) is 0 Å². The summed E-state index contributed by atoms with van der Waals surface area (Å²) in [5.74, 6) is -1.30. The summed E-state index contributed by atoms with van der Waals surface area (Å²) >= 11 is 4.44. The van der Waals surface area contributed by atoms with Crippen molar-refractivity contribution in [2.45, 2.75) is 23.1 Å². The van der Waals surface area contributed by atoms with Gasteiger partial charge in [-0.15, -0.1) is 25.8 Å². The fraction of sp³-hybridized carbons (Fsp3) is 0.100. The summed E-state index contributed by atoms with van der Waals surface area (Å²) in [6, 6.07) is 12.5. The van der Waals surface area contributed by atoms with E-state index in [1.54, 1.807) is 25.1 Å². The highest BCUT2D eigenvalue weighted by Crippen LogP contribution is 2.35. The van der Waals surface area contributed by atoms with Crippen molar-refractivity contribution in [2.75, 3.05) is 0 Å². The molecule has 3 aromatic rings. The van der Waals surface area contributed by atoms with Gasteiger partial charge in [0, 0.05) is 4.90 Å². The summed E-state index contributed by atoms with van der Waals surface area (Å²) in [4.78, 5) is -0.109. The van der Waals surface area contributed by atoms with Crippen molar-refractivity contribution in [3.63, 3.8) is 0 Å². The van der Waals surface area contributed by atoms with Gasteiger partial charge in [-0.05, 0) is 65.1 Å². The van der Waals surface area contributed by atoms with E-state index in [1.807, 2.05) is 0 Å². The Morgan fingerprint density at radius 3 is 2.07 bits per heavy atom. The summed E-state index contributed by atoms with van der Waals surface area (Å²) in [7, 11) is -4.17. The minimum Gasteiger partial charge on any atom is -0.406 e. The molecule has 0 heterocycles. The van der Waals surface area contributed by atoms with Gasteiger partial charge in [0.1, 0.15) is 16.5 Å². The van der Waals surface area contributed by atoms with Gasteiger partial charge in [-0.25, -0.2) is 17.9 Å². The zero-order valence-electron chi connectivity index (χ0n) is 15.4. The Morgan fingerprint density at radius 2 is 1.53 bits per heavy atom. The Bertz CT molecular complexity index is 1230. The minimum absolute atomic E-state index is 0.327. The molecule has 158 valence electrons. The zero-order chi connectivity index (χ0) is 22.3. The van der Waals surface area contributed by atoms with E-state index in [-0.39, 0.29) is 5.75 Å². The minimum atomic E-state index is -4.78. The van der Waals surface area contributed by atoms with E-state index in [2.05, 4.69) is 17.4 Å². The fourth-order valence-corrected chi connectivity index (χ4v) is 3.91. The molecular weight excluding hydrogens is 442 g/mol. The van der Waals surface area contributed by atoms with Crippen LogP contribution in [-0.4, -0.2) is 14.8 Å². The third-order valence-electron chi connectivity index (χ3n) is 4.29. The predicted octanol–water partition coefficient (Wildman–Crippen LogP) is 5.30. The van der Waals surface area contributed by atoms with E-state index in [9.17, 15) is 26.0 Å². The average molecular weight is 457 g/mol. The van der Waals surface area contributed by atoms with E-state index < -0.39 is 27.1 Å². The van der Waals surface area contributed by atoms with Gasteiger partial charge >= 0.3 is 6.36 Å². The normalized spacial score (nSPS) is 12.1. The molecule has 0 aliphatic rings. The molecule has 3 aromatic carbocycles. The number of ether oxygens (including phenoxy) is 1. The molecule has 10 heteroatoms. The van der Waals surface area contributed by atoms with Gasteiger partial charge in [0.25, 0.3) is 0 Å². The smallest absolute Gasteiger partial charge is 0.406 e. The van der Waals surface area contributed by atoms with Crippen molar-refractivity contribution >= 4 is 22.7 Å². The molecule has 0 amide bonds. The second-order valence-corrected chi connectivity index (χ2v) is 8.46. The lowest BCUT2D eigenvalue weighted by Gasteiger charge is -2.14. The SMILES string of the molecule is Cc1cc(OC(F)(F)F)ccc1-c1ccc(-c2ccc(S(N)(=O)=O)c(F)c2)cc1S.